The first-order valence-electron chi connectivity index (χ1n) is 9.03. The molecule has 0 unspecified atom stereocenters. The van der Waals surface area contributed by atoms with Crippen molar-refractivity contribution in [1.29, 1.82) is 0 Å². The first kappa shape index (κ1) is 20.1. The van der Waals surface area contributed by atoms with Crippen molar-refractivity contribution in [3.63, 3.8) is 0 Å². The van der Waals surface area contributed by atoms with E-state index in [9.17, 15) is 14.9 Å². The van der Waals surface area contributed by atoms with Gasteiger partial charge in [0.25, 0.3) is 5.69 Å². The van der Waals surface area contributed by atoms with Gasteiger partial charge in [-0.15, -0.1) is 0 Å². The maximum absolute atomic E-state index is 11.9. The summed E-state index contributed by atoms with van der Waals surface area (Å²) in [5.74, 6) is 1.01. The molecule has 2 aromatic carbocycles. The predicted molar refractivity (Wildman–Crippen MR) is 107 cm³/mol. The van der Waals surface area contributed by atoms with Crippen LogP contribution in [0.2, 0.25) is 0 Å². The number of rotatable bonds is 7. The van der Waals surface area contributed by atoms with E-state index in [2.05, 4.69) is 0 Å². The van der Waals surface area contributed by atoms with E-state index >= 15 is 0 Å². The fraction of sp³-hybridized carbons (Fsp3) is 0.227. The van der Waals surface area contributed by atoms with Crippen LogP contribution in [-0.2, 0) is 16.1 Å². The summed E-state index contributed by atoms with van der Waals surface area (Å²) >= 11 is 0. The molecule has 0 aliphatic rings. The first-order valence-corrected chi connectivity index (χ1v) is 9.03. The number of esters is 1. The van der Waals surface area contributed by atoms with Gasteiger partial charge in [0.15, 0.2) is 6.61 Å². The number of nitro groups is 1. The number of aryl methyl sites for hydroxylation is 3. The summed E-state index contributed by atoms with van der Waals surface area (Å²) in [7, 11) is 0. The molecule has 150 valence electrons. The highest BCUT2D eigenvalue weighted by molar-refractivity contribution is 5.71. The number of carbonyl (C=O) groups excluding carboxylic acids is 1. The van der Waals surface area contributed by atoms with Crippen LogP contribution in [0.1, 0.15) is 22.5 Å². The molecule has 1 aromatic heterocycles. The highest BCUT2D eigenvalue weighted by Crippen LogP contribution is 2.28. The second-order valence-electron chi connectivity index (χ2n) is 6.74. The summed E-state index contributed by atoms with van der Waals surface area (Å²) < 4.78 is 16.3. The summed E-state index contributed by atoms with van der Waals surface area (Å²) in [5.41, 5.74) is 3.24. The van der Waals surface area contributed by atoms with E-state index in [0.29, 0.717) is 28.4 Å². The van der Waals surface area contributed by atoms with E-state index in [4.69, 9.17) is 13.9 Å². The van der Waals surface area contributed by atoms with Gasteiger partial charge in [-0.2, -0.15) is 0 Å². The Morgan fingerprint density at radius 2 is 1.83 bits per heavy atom. The SMILES string of the molecule is Cc1ccc(OCC(=O)OCc2ccc(-c3ccc(C)c([N+](=O)[O-])c3)o2)c(C)c1. The second-order valence-corrected chi connectivity index (χ2v) is 6.74. The van der Waals surface area contributed by atoms with Crippen molar-refractivity contribution < 1.29 is 23.6 Å². The van der Waals surface area contributed by atoms with Gasteiger partial charge in [0.2, 0.25) is 0 Å². The van der Waals surface area contributed by atoms with E-state index in [0.717, 1.165) is 11.1 Å². The zero-order valence-corrected chi connectivity index (χ0v) is 16.4. The Hall–Kier alpha value is -3.61. The normalized spacial score (nSPS) is 10.6. The Morgan fingerprint density at radius 1 is 1.03 bits per heavy atom. The summed E-state index contributed by atoms with van der Waals surface area (Å²) in [4.78, 5) is 22.6. The molecule has 3 rings (SSSR count). The Kier molecular flexibility index (Phi) is 5.97. The molecule has 7 nitrogen and oxygen atoms in total. The van der Waals surface area contributed by atoms with Gasteiger partial charge in [0, 0.05) is 17.2 Å². The minimum absolute atomic E-state index is 0.0235. The molecule has 0 aliphatic carbocycles. The van der Waals surface area contributed by atoms with Crippen LogP contribution in [0.4, 0.5) is 5.69 Å². The lowest BCUT2D eigenvalue weighted by molar-refractivity contribution is -0.385. The number of hydrogen-bond donors (Lipinski definition) is 0. The first-order chi connectivity index (χ1) is 13.8. The van der Waals surface area contributed by atoms with Gasteiger partial charge in [-0.3, -0.25) is 10.1 Å². The lowest BCUT2D eigenvalue weighted by Crippen LogP contribution is -2.15. The van der Waals surface area contributed by atoms with Crippen molar-refractivity contribution >= 4 is 11.7 Å². The topological polar surface area (TPSA) is 91.8 Å². The molecular weight excluding hydrogens is 374 g/mol. The van der Waals surface area contributed by atoms with Crippen molar-refractivity contribution in [3.8, 4) is 17.1 Å². The van der Waals surface area contributed by atoms with Crippen LogP contribution in [0, 0.1) is 30.9 Å². The Bertz CT molecular complexity index is 1050. The second kappa shape index (κ2) is 8.60. The molecule has 7 heteroatoms. The zero-order chi connectivity index (χ0) is 21.0. The number of benzene rings is 2. The Balaban J connectivity index is 1.57. The predicted octanol–water partition coefficient (Wildman–Crippen LogP) is 4.90. The van der Waals surface area contributed by atoms with Gasteiger partial charge >= 0.3 is 5.97 Å². The van der Waals surface area contributed by atoms with Gasteiger partial charge in [0.1, 0.15) is 23.9 Å². The fourth-order valence-corrected chi connectivity index (χ4v) is 2.86. The van der Waals surface area contributed by atoms with Crippen molar-refractivity contribution in [2.45, 2.75) is 27.4 Å². The van der Waals surface area contributed by atoms with Gasteiger partial charge in [0.05, 0.1) is 4.92 Å². The summed E-state index contributed by atoms with van der Waals surface area (Å²) in [5, 5.41) is 11.1. The number of nitrogens with zero attached hydrogens (tertiary/aromatic N) is 1. The van der Waals surface area contributed by atoms with Crippen molar-refractivity contribution in [1.82, 2.24) is 0 Å². The third-order valence-electron chi connectivity index (χ3n) is 4.40. The third kappa shape index (κ3) is 5.01. The molecule has 3 aromatic rings. The molecule has 0 atom stereocenters. The van der Waals surface area contributed by atoms with Gasteiger partial charge in [-0.25, -0.2) is 4.79 Å². The van der Waals surface area contributed by atoms with Crippen molar-refractivity contribution in [2.24, 2.45) is 0 Å². The lowest BCUT2D eigenvalue weighted by Gasteiger charge is -2.09. The minimum Gasteiger partial charge on any atom is -0.482 e. The lowest BCUT2D eigenvalue weighted by atomic mass is 10.1. The highest BCUT2D eigenvalue weighted by atomic mass is 16.6. The number of furan rings is 1. The molecule has 0 bridgehead atoms. The van der Waals surface area contributed by atoms with Crippen LogP contribution in [0.5, 0.6) is 5.75 Å². The van der Waals surface area contributed by atoms with E-state index in [1.807, 2.05) is 32.0 Å². The Morgan fingerprint density at radius 3 is 2.55 bits per heavy atom. The maximum atomic E-state index is 11.9. The molecule has 0 N–H and O–H groups in total. The molecule has 0 amide bonds. The standard InChI is InChI=1S/C22H21NO6/c1-14-4-8-20(16(3)10-14)27-13-22(24)28-12-18-7-9-21(29-18)17-6-5-15(2)19(11-17)23(25)26/h4-11H,12-13H2,1-3H3. The number of hydrogen-bond acceptors (Lipinski definition) is 6. The molecule has 1 heterocycles. The largest absolute Gasteiger partial charge is 0.482 e. The minimum atomic E-state index is -0.520. The number of nitro benzene ring substituents is 1. The van der Waals surface area contributed by atoms with Crippen LogP contribution < -0.4 is 4.74 Å². The van der Waals surface area contributed by atoms with Gasteiger partial charge < -0.3 is 13.9 Å². The van der Waals surface area contributed by atoms with Crippen LogP contribution in [-0.4, -0.2) is 17.5 Å². The van der Waals surface area contributed by atoms with E-state index in [1.54, 1.807) is 31.2 Å². The third-order valence-corrected chi connectivity index (χ3v) is 4.40. The van der Waals surface area contributed by atoms with Gasteiger partial charge in [-0.05, 0) is 44.5 Å². The van der Waals surface area contributed by atoms with E-state index in [-0.39, 0.29) is 18.9 Å². The fourth-order valence-electron chi connectivity index (χ4n) is 2.86. The number of carbonyl (C=O) groups is 1. The van der Waals surface area contributed by atoms with E-state index in [1.165, 1.54) is 6.07 Å². The highest BCUT2D eigenvalue weighted by Gasteiger charge is 2.14. The molecule has 0 aliphatic heterocycles. The average molecular weight is 395 g/mol. The Labute approximate surface area is 168 Å². The van der Waals surface area contributed by atoms with Crippen LogP contribution in [0.15, 0.2) is 52.9 Å². The monoisotopic (exact) mass is 395 g/mol. The average Bonchev–Trinajstić information content (AvgIpc) is 3.15. The molecule has 0 saturated carbocycles. The molecular formula is C22H21NO6. The van der Waals surface area contributed by atoms with Crippen LogP contribution in [0.25, 0.3) is 11.3 Å². The maximum Gasteiger partial charge on any atom is 0.344 e. The number of ether oxygens (including phenoxy) is 2. The zero-order valence-electron chi connectivity index (χ0n) is 16.4. The molecule has 29 heavy (non-hydrogen) atoms. The smallest absolute Gasteiger partial charge is 0.344 e. The van der Waals surface area contributed by atoms with Crippen molar-refractivity contribution in [2.75, 3.05) is 6.61 Å². The summed E-state index contributed by atoms with van der Waals surface area (Å²) in [6, 6.07) is 13.9. The molecule has 0 radical (unpaired) electrons. The van der Waals surface area contributed by atoms with Gasteiger partial charge in [-0.1, -0.05) is 29.8 Å². The van der Waals surface area contributed by atoms with Crippen LogP contribution in [0.3, 0.4) is 0 Å². The summed E-state index contributed by atoms with van der Waals surface area (Å²) in [6.07, 6.45) is 0. The molecule has 0 spiro atoms. The van der Waals surface area contributed by atoms with E-state index < -0.39 is 10.9 Å². The van der Waals surface area contributed by atoms with Crippen molar-refractivity contribution in [3.05, 3.63) is 81.1 Å². The van der Waals surface area contributed by atoms with Crippen LogP contribution >= 0.6 is 0 Å². The summed E-state index contributed by atoms with van der Waals surface area (Å²) in [6.45, 7) is 5.31. The quantitative estimate of drug-likeness (QED) is 0.321. The molecule has 0 saturated heterocycles. The molecule has 0 fully saturated rings.